The van der Waals surface area contributed by atoms with Crippen molar-refractivity contribution in [2.45, 2.75) is 9.79 Å². The lowest BCUT2D eigenvalue weighted by Crippen LogP contribution is -1.86. The Kier molecular flexibility index (Phi) is 7.25. The highest BCUT2D eigenvalue weighted by Gasteiger charge is 2.15. The molecule has 3 heterocycles. The normalized spacial score (nSPS) is 11.2. The number of halogens is 1. The molecular weight excluding hydrogens is 683 g/mol. The number of rotatable bonds is 4. The molecule has 39 heavy (non-hydrogen) atoms. The van der Waals surface area contributed by atoms with Crippen LogP contribution in [0, 0.1) is 23.1 Å². The van der Waals surface area contributed by atoms with Crippen LogP contribution in [0.1, 0.15) is 0 Å². The van der Waals surface area contributed by atoms with Crippen molar-refractivity contribution in [2.24, 2.45) is 0 Å². The summed E-state index contributed by atoms with van der Waals surface area (Å²) in [6.45, 7) is 0. The third kappa shape index (κ3) is 5.12. The number of nitro benzene ring substituents is 2. The van der Waals surface area contributed by atoms with Crippen LogP contribution in [0.2, 0.25) is 0 Å². The molecule has 0 unspecified atom stereocenters. The molecule has 192 valence electrons. The Morgan fingerprint density at radius 2 is 1.15 bits per heavy atom. The van der Waals surface area contributed by atoms with Crippen molar-refractivity contribution in [2.75, 3.05) is 0 Å². The summed E-state index contributed by atoms with van der Waals surface area (Å²) in [5.41, 5.74) is 0.281. The Bertz CT molecular complexity index is 2030. The lowest BCUT2D eigenvalue weighted by atomic mass is 10.2. The van der Waals surface area contributed by atoms with Crippen molar-refractivity contribution in [1.82, 2.24) is 0 Å². The van der Waals surface area contributed by atoms with Crippen molar-refractivity contribution in [1.29, 1.82) is 0 Å². The van der Waals surface area contributed by atoms with Crippen LogP contribution in [0.4, 0.5) is 11.4 Å². The number of hydrogen-bond acceptors (Lipinski definition) is 8. The number of non-ortho nitro benzene ring substituents is 2. The van der Waals surface area contributed by atoms with E-state index in [1.54, 1.807) is 82.2 Å². The maximum absolute atomic E-state index is 10.9. The highest BCUT2D eigenvalue weighted by atomic mass is 127. The SMILES string of the molecule is O=[N+]([O-])c1ccc(Sc2c(I)sc3ccccc23)cc1.O=[N+]([O-])c1ccc2sc3c4ccccc4sc3c2c1. The predicted octanol–water partition coefficient (Wildman–Crippen LogP) is 10.7. The molecule has 0 amide bonds. The molecule has 0 saturated carbocycles. The van der Waals surface area contributed by atoms with Gasteiger partial charge in [0.05, 0.1) is 22.1 Å². The van der Waals surface area contributed by atoms with E-state index in [2.05, 4.69) is 46.9 Å². The van der Waals surface area contributed by atoms with Crippen molar-refractivity contribution >= 4 is 119 Å². The van der Waals surface area contributed by atoms with Crippen LogP contribution in [-0.4, -0.2) is 9.85 Å². The molecule has 0 fully saturated rings. The van der Waals surface area contributed by atoms with Gasteiger partial charge in [-0.1, -0.05) is 48.2 Å². The minimum absolute atomic E-state index is 0.124. The van der Waals surface area contributed by atoms with E-state index in [1.807, 2.05) is 30.3 Å². The van der Waals surface area contributed by atoms with Gasteiger partial charge in [-0.05, 0) is 52.9 Å². The second kappa shape index (κ2) is 10.8. The van der Waals surface area contributed by atoms with E-state index in [1.165, 1.54) is 32.7 Å². The van der Waals surface area contributed by atoms with Crippen molar-refractivity contribution < 1.29 is 9.85 Å². The second-order valence-electron chi connectivity index (χ2n) is 8.35. The first-order chi connectivity index (χ1) is 18.9. The lowest BCUT2D eigenvalue weighted by Gasteiger charge is -2.01. The Morgan fingerprint density at radius 1 is 0.615 bits per heavy atom. The van der Waals surface area contributed by atoms with E-state index in [9.17, 15) is 20.2 Å². The van der Waals surface area contributed by atoms with Crippen LogP contribution in [-0.2, 0) is 0 Å². The minimum atomic E-state index is -0.377. The molecule has 7 rings (SSSR count). The van der Waals surface area contributed by atoms with Gasteiger partial charge in [0.25, 0.3) is 11.4 Å². The molecule has 0 N–H and O–H groups in total. The number of hydrogen-bond donors (Lipinski definition) is 0. The van der Waals surface area contributed by atoms with Crippen molar-refractivity contribution in [3.05, 3.63) is 114 Å². The topological polar surface area (TPSA) is 86.3 Å². The molecule has 0 aliphatic heterocycles. The lowest BCUT2D eigenvalue weighted by molar-refractivity contribution is -0.385. The maximum atomic E-state index is 10.9. The quantitative estimate of drug-likeness (QED) is 0.104. The van der Waals surface area contributed by atoms with Gasteiger partial charge < -0.3 is 0 Å². The van der Waals surface area contributed by atoms with E-state index >= 15 is 0 Å². The molecule has 0 aliphatic rings. The van der Waals surface area contributed by atoms with Gasteiger partial charge in [0.15, 0.2) is 0 Å². The first-order valence-electron chi connectivity index (χ1n) is 11.5. The fourth-order valence-electron chi connectivity index (χ4n) is 4.15. The van der Waals surface area contributed by atoms with E-state index in [0.717, 1.165) is 19.7 Å². The van der Waals surface area contributed by atoms with Crippen LogP contribution in [0.5, 0.6) is 0 Å². The third-order valence-corrected chi connectivity index (χ3v) is 12.3. The number of benzene rings is 4. The summed E-state index contributed by atoms with van der Waals surface area (Å²) in [5, 5.41) is 25.0. The highest BCUT2D eigenvalue weighted by Crippen LogP contribution is 2.45. The summed E-state index contributed by atoms with van der Waals surface area (Å²) in [7, 11) is 0. The molecule has 0 radical (unpaired) electrons. The monoisotopic (exact) mass is 698 g/mol. The van der Waals surface area contributed by atoms with Crippen molar-refractivity contribution in [3.8, 4) is 0 Å². The first kappa shape index (κ1) is 26.1. The largest absolute Gasteiger partial charge is 0.270 e. The van der Waals surface area contributed by atoms with Crippen LogP contribution >= 0.6 is 68.4 Å². The number of fused-ring (bicyclic) bond motifs is 6. The first-order valence-corrected chi connectivity index (χ1v) is 15.8. The highest BCUT2D eigenvalue weighted by molar-refractivity contribution is 14.1. The standard InChI is InChI=1S/C14H8INO2S2.C14H7NO2S2/c15-14-13(11-3-1-2-4-12(11)20-14)19-10-7-5-9(6-8-10)16(17)18;16-15(17)8-5-6-12-10(7-8)14-13(19-12)9-3-1-2-4-11(9)18-14/h1-8H;1-7H. The molecule has 3 aromatic heterocycles. The Hall–Kier alpha value is -3.10. The minimum Gasteiger partial charge on any atom is -0.258 e. The molecule has 7 aromatic rings. The fourth-order valence-corrected chi connectivity index (χ4v) is 10.1. The van der Waals surface area contributed by atoms with Gasteiger partial charge in [-0.3, -0.25) is 20.2 Å². The van der Waals surface area contributed by atoms with E-state index in [0.29, 0.717) is 0 Å². The average molecular weight is 699 g/mol. The molecule has 0 spiro atoms. The van der Waals surface area contributed by atoms with Gasteiger partial charge in [0, 0.05) is 64.3 Å². The fraction of sp³-hybridized carbons (Fsp3) is 0. The summed E-state index contributed by atoms with van der Waals surface area (Å²) in [6, 6.07) is 28.3. The van der Waals surface area contributed by atoms with Gasteiger partial charge in [-0.2, -0.15) is 0 Å². The molecule has 0 atom stereocenters. The zero-order chi connectivity index (χ0) is 27.1. The van der Waals surface area contributed by atoms with E-state index in [4.69, 9.17) is 0 Å². The van der Waals surface area contributed by atoms with Crippen LogP contribution in [0.3, 0.4) is 0 Å². The zero-order valence-corrected chi connectivity index (χ0v) is 25.1. The smallest absolute Gasteiger partial charge is 0.258 e. The molecule has 11 heteroatoms. The summed E-state index contributed by atoms with van der Waals surface area (Å²) in [6.07, 6.45) is 0. The molecule has 0 saturated heterocycles. The molecule has 6 nitrogen and oxygen atoms in total. The molecule has 0 bridgehead atoms. The summed E-state index contributed by atoms with van der Waals surface area (Å²) in [4.78, 5) is 23.1. The summed E-state index contributed by atoms with van der Waals surface area (Å²) >= 11 is 9.17. The number of nitrogens with zero attached hydrogens (tertiary/aromatic N) is 2. The van der Waals surface area contributed by atoms with Gasteiger partial charge >= 0.3 is 0 Å². The summed E-state index contributed by atoms with van der Waals surface area (Å²) in [5.74, 6) is 0. The van der Waals surface area contributed by atoms with Gasteiger partial charge in [-0.15, -0.1) is 34.0 Å². The van der Waals surface area contributed by atoms with Gasteiger partial charge in [0.1, 0.15) is 0 Å². The van der Waals surface area contributed by atoms with Gasteiger partial charge in [0.2, 0.25) is 0 Å². The molecular formula is C28H15IN2O4S4. The predicted molar refractivity (Wildman–Crippen MR) is 173 cm³/mol. The Labute approximate surface area is 251 Å². The number of nitro groups is 2. The van der Waals surface area contributed by atoms with E-state index < -0.39 is 0 Å². The molecule has 4 aromatic carbocycles. The van der Waals surface area contributed by atoms with Gasteiger partial charge in [-0.25, -0.2) is 0 Å². The van der Waals surface area contributed by atoms with Crippen LogP contribution in [0.25, 0.3) is 39.7 Å². The average Bonchev–Trinajstić information content (AvgIpc) is 3.58. The van der Waals surface area contributed by atoms with Crippen LogP contribution < -0.4 is 0 Å². The second-order valence-corrected chi connectivity index (χ2v) is 14.4. The molecule has 0 aliphatic carbocycles. The Balaban J connectivity index is 0.000000142. The number of thiophene rings is 3. The van der Waals surface area contributed by atoms with E-state index in [-0.39, 0.29) is 21.2 Å². The van der Waals surface area contributed by atoms with Crippen LogP contribution in [0.15, 0.2) is 101 Å². The zero-order valence-electron chi connectivity index (χ0n) is 19.7. The summed E-state index contributed by atoms with van der Waals surface area (Å²) < 4.78 is 7.24. The van der Waals surface area contributed by atoms with Crippen molar-refractivity contribution in [3.63, 3.8) is 0 Å². The third-order valence-electron chi connectivity index (χ3n) is 5.96. The Morgan fingerprint density at radius 3 is 1.82 bits per heavy atom. The maximum Gasteiger partial charge on any atom is 0.270 e.